The molecule has 0 aliphatic carbocycles. The van der Waals surface area contributed by atoms with Crippen molar-refractivity contribution in [3.05, 3.63) is 100 Å². The van der Waals surface area contributed by atoms with E-state index in [2.05, 4.69) is 4.98 Å². The van der Waals surface area contributed by atoms with Gasteiger partial charge in [-0.2, -0.15) is 0 Å². The standard InChI is InChI=1S/C32H28N2O5/c35-24-18-25(36)30-26(37)19-27(20-9-3-1-4-10-20)39-32(30)29(24)23(17-28(38)34-15-5-2-6-16-34)22-13-7-11-21-12-8-14-33-31(21)22/h1,3-4,7-14,18-19,23,35-36H,2,5-6,15-17H2/t23-/m0/s1. The van der Waals surface area contributed by atoms with Crippen LogP contribution >= 0.6 is 0 Å². The molecule has 1 aliphatic heterocycles. The number of amides is 1. The Morgan fingerprint density at radius 3 is 2.49 bits per heavy atom. The van der Waals surface area contributed by atoms with E-state index in [0.717, 1.165) is 36.3 Å². The molecule has 196 valence electrons. The van der Waals surface area contributed by atoms with Crippen molar-refractivity contribution in [3.63, 3.8) is 0 Å². The summed E-state index contributed by atoms with van der Waals surface area (Å²) in [5, 5.41) is 22.9. The molecule has 1 saturated heterocycles. The Morgan fingerprint density at radius 1 is 0.923 bits per heavy atom. The Bertz CT molecular complexity index is 1730. The van der Waals surface area contributed by atoms with E-state index in [1.54, 1.807) is 6.20 Å². The summed E-state index contributed by atoms with van der Waals surface area (Å²) in [4.78, 5) is 33.4. The number of piperidine rings is 1. The number of phenols is 2. The molecule has 1 amide bonds. The maximum absolute atomic E-state index is 13.6. The molecular weight excluding hydrogens is 492 g/mol. The maximum Gasteiger partial charge on any atom is 0.223 e. The van der Waals surface area contributed by atoms with E-state index in [0.29, 0.717) is 29.9 Å². The highest BCUT2D eigenvalue weighted by atomic mass is 16.3. The van der Waals surface area contributed by atoms with Gasteiger partial charge in [-0.3, -0.25) is 14.6 Å². The van der Waals surface area contributed by atoms with Gasteiger partial charge in [0.15, 0.2) is 5.43 Å². The van der Waals surface area contributed by atoms with Crippen molar-refractivity contribution in [3.8, 4) is 22.8 Å². The van der Waals surface area contributed by atoms with Crippen molar-refractivity contribution >= 4 is 27.8 Å². The molecule has 7 nitrogen and oxygen atoms in total. The molecule has 1 fully saturated rings. The van der Waals surface area contributed by atoms with Gasteiger partial charge in [-0.15, -0.1) is 0 Å². The number of likely N-dealkylation sites (tertiary alicyclic amines) is 1. The first-order valence-electron chi connectivity index (χ1n) is 13.2. The summed E-state index contributed by atoms with van der Waals surface area (Å²) >= 11 is 0. The second-order valence-corrected chi connectivity index (χ2v) is 9.99. The molecule has 0 saturated carbocycles. The number of para-hydroxylation sites is 1. The summed E-state index contributed by atoms with van der Waals surface area (Å²) in [6.45, 7) is 1.38. The second kappa shape index (κ2) is 10.3. The molecule has 39 heavy (non-hydrogen) atoms. The van der Waals surface area contributed by atoms with Crippen molar-refractivity contribution in [2.45, 2.75) is 31.6 Å². The summed E-state index contributed by atoms with van der Waals surface area (Å²) in [6, 6.07) is 21.2. The number of pyridine rings is 1. The third-order valence-corrected chi connectivity index (χ3v) is 7.53. The van der Waals surface area contributed by atoms with E-state index < -0.39 is 11.3 Å². The van der Waals surface area contributed by atoms with Gasteiger partial charge in [0.25, 0.3) is 0 Å². The van der Waals surface area contributed by atoms with Crippen LogP contribution < -0.4 is 5.43 Å². The first kappa shape index (κ1) is 24.7. The van der Waals surface area contributed by atoms with Gasteiger partial charge in [-0.25, -0.2) is 0 Å². The van der Waals surface area contributed by atoms with E-state index in [1.807, 2.05) is 65.6 Å². The highest BCUT2D eigenvalue weighted by Gasteiger charge is 2.31. The van der Waals surface area contributed by atoms with Crippen LogP contribution in [-0.4, -0.2) is 39.1 Å². The topological polar surface area (TPSA) is 104 Å². The van der Waals surface area contributed by atoms with E-state index in [9.17, 15) is 19.8 Å². The highest BCUT2D eigenvalue weighted by molar-refractivity contribution is 5.92. The Balaban J connectivity index is 1.61. The molecule has 6 rings (SSSR count). The molecule has 0 radical (unpaired) electrons. The first-order valence-corrected chi connectivity index (χ1v) is 13.2. The predicted octanol–water partition coefficient (Wildman–Crippen LogP) is 5.95. The minimum atomic E-state index is -0.685. The van der Waals surface area contributed by atoms with Gasteiger partial charge < -0.3 is 19.5 Å². The van der Waals surface area contributed by atoms with Crippen LogP contribution in [0.4, 0.5) is 0 Å². The summed E-state index contributed by atoms with van der Waals surface area (Å²) in [7, 11) is 0. The minimum absolute atomic E-state index is 0.0360. The lowest BCUT2D eigenvalue weighted by molar-refractivity contribution is -0.132. The van der Waals surface area contributed by atoms with E-state index >= 15 is 0 Å². The van der Waals surface area contributed by atoms with E-state index in [4.69, 9.17) is 4.42 Å². The van der Waals surface area contributed by atoms with E-state index in [1.165, 1.54) is 6.07 Å². The molecule has 2 aromatic heterocycles. The third-order valence-electron chi connectivity index (χ3n) is 7.53. The number of nitrogens with zero attached hydrogens (tertiary/aromatic N) is 2. The van der Waals surface area contributed by atoms with Crippen molar-refractivity contribution in [2.24, 2.45) is 0 Å². The lowest BCUT2D eigenvalue weighted by Crippen LogP contribution is -2.36. The largest absolute Gasteiger partial charge is 0.507 e. The van der Waals surface area contributed by atoms with Crippen LogP contribution in [0.1, 0.15) is 42.7 Å². The lowest BCUT2D eigenvalue weighted by atomic mass is 9.84. The van der Waals surface area contributed by atoms with Crippen LogP contribution in [0.2, 0.25) is 0 Å². The minimum Gasteiger partial charge on any atom is -0.507 e. The Morgan fingerprint density at radius 2 is 1.69 bits per heavy atom. The zero-order chi connectivity index (χ0) is 26.9. The Labute approximate surface area is 225 Å². The zero-order valence-corrected chi connectivity index (χ0v) is 21.3. The fourth-order valence-corrected chi connectivity index (χ4v) is 5.63. The van der Waals surface area contributed by atoms with Gasteiger partial charge in [-0.05, 0) is 30.9 Å². The summed E-state index contributed by atoms with van der Waals surface area (Å²) in [5.41, 5.74) is 2.00. The fraction of sp³-hybridized carbons (Fsp3) is 0.219. The van der Waals surface area contributed by atoms with Crippen LogP contribution in [0.5, 0.6) is 11.5 Å². The van der Waals surface area contributed by atoms with Gasteiger partial charge >= 0.3 is 0 Å². The smallest absolute Gasteiger partial charge is 0.223 e. The van der Waals surface area contributed by atoms with Gasteiger partial charge in [0.05, 0.1) is 5.52 Å². The number of benzene rings is 3. The molecule has 3 heterocycles. The third kappa shape index (κ3) is 4.61. The molecule has 3 aromatic carbocycles. The van der Waals surface area contributed by atoms with Gasteiger partial charge in [-0.1, -0.05) is 54.6 Å². The Hall–Kier alpha value is -4.65. The van der Waals surface area contributed by atoms with Crippen LogP contribution in [0, 0.1) is 0 Å². The quantitative estimate of drug-likeness (QED) is 0.297. The monoisotopic (exact) mass is 520 g/mol. The number of carbonyl (C=O) groups excluding carboxylic acids is 1. The number of fused-ring (bicyclic) bond motifs is 2. The lowest BCUT2D eigenvalue weighted by Gasteiger charge is -2.29. The number of aromatic nitrogens is 1. The molecular formula is C32H28N2O5. The summed E-state index contributed by atoms with van der Waals surface area (Å²) in [6.07, 6.45) is 4.74. The number of aromatic hydroxyl groups is 2. The van der Waals surface area contributed by atoms with Crippen molar-refractivity contribution in [1.29, 1.82) is 0 Å². The number of hydrogen-bond donors (Lipinski definition) is 2. The molecule has 1 aliphatic rings. The number of hydrogen-bond acceptors (Lipinski definition) is 6. The van der Waals surface area contributed by atoms with E-state index in [-0.39, 0.29) is 40.4 Å². The number of rotatable bonds is 5. The molecule has 0 unspecified atom stereocenters. The molecule has 0 bridgehead atoms. The number of phenolic OH excluding ortho intramolecular Hbond substituents is 2. The van der Waals surface area contributed by atoms with Crippen molar-refractivity contribution in [1.82, 2.24) is 9.88 Å². The van der Waals surface area contributed by atoms with Crippen LogP contribution in [-0.2, 0) is 4.79 Å². The predicted molar refractivity (Wildman–Crippen MR) is 150 cm³/mol. The van der Waals surface area contributed by atoms with Gasteiger partial charge in [0, 0.05) is 60.3 Å². The van der Waals surface area contributed by atoms with Crippen molar-refractivity contribution < 1.29 is 19.4 Å². The average Bonchev–Trinajstić information content (AvgIpc) is 2.96. The fourth-order valence-electron chi connectivity index (χ4n) is 5.63. The molecule has 7 heteroatoms. The van der Waals surface area contributed by atoms with Crippen LogP contribution in [0.25, 0.3) is 33.2 Å². The maximum atomic E-state index is 13.6. The normalized spacial score (nSPS) is 14.5. The summed E-state index contributed by atoms with van der Waals surface area (Å²) < 4.78 is 6.30. The summed E-state index contributed by atoms with van der Waals surface area (Å²) in [5.74, 6) is -1.06. The molecule has 1 atom stereocenters. The number of carbonyl (C=O) groups is 1. The van der Waals surface area contributed by atoms with Crippen molar-refractivity contribution in [2.75, 3.05) is 13.1 Å². The van der Waals surface area contributed by atoms with Gasteiger partial charge in [0.2, 0.25) is 5.91 Å². The van der Waals surface area contributed by atoms with Crippen LogP contribution in [0.3, 0.4) is 0 Å². The zero-order valence-electron chi connectivity index (χ0n) is 21.3. The molecule has 0 spiro atoms. The second-order valence-electron chi connectivity index (χ2n) is 9.99. The molecule has 2 N–H and O–H groups in total. The average molecular weight is 521 g/mol. The Kier molecular flexibility index (Phi) is 6.49. The highest BCUT2D eigenvalue weighted by Crippen LogP contribution is 2.44. The van der Waals surface area contributed by atoms with Gasteiger partial charge in [0.1, 0.15) is 28.2 Å². The molecule has 5 aromatic rings. The van der Waals surface area contributed by atoms with Crippen LogP contribution in [0.15, 0.2) is 88.2 Å². The SMILES string of the molecule is O=C(C[C@@H](c1cccc2cccnc12)c1c(O)cc(O)c2c(=O)cc(-c3ccccc3)oc12)N1CCCCC1. The first-order chi connectivity index (χ1) is 19.0.